The highest BCUT2D eigenvalue weighted by atomic mass is 16.2. The number of hydrogen-bond acceptors (Lipinski definition) is 2. The van der Waals surface area contributed by atoms with Gasteiger partial charge in [-0.15, -0.1) is 0 Å². The van der Waals surface area contributed by atoms with Crippen LogP contribution in [0.5, 0.6) is 0 Å². The smallest absolute Gasteiger partial charge is 0.297 e. The third-order valence-electron chi connectivity index (χ3n) is 3.44. The van der Waals surface area contributed by atoms with Gasteiger partial charge in [-0.05, 0) is 18.8 Å². The highest BCUT2D eigenvalue weighted by molar-refractivity contribution is 5.92. The van der Waals surface area contributed by atoms with Crippen molar-refractivity contribution in [2.75, 3.05) is 13.1 Å². The predicted molar refractivity (Wildman–Crippen MR) is 53.8 cm³/mol. The molecule has 0 aromatic carbocycles. The second kappa shape index (κ2) is 4.18. The lowest BCUT2D eigenvalue weighted by molar-refractivity contribution is -0.921. The van der Waals surface area contributed by atoms with E-state index in [1.54, 1.807) is 0 Å². The van der Waals surface area contributed by atoms with Gasteiger partial charge < -0.3 is 4.90 Å². The Morgan fingerprint density at radius 2 is 1.87 bits per heavy atom. The zero-order valence-electron chi connectivity index (χ0n) is 9.01. The molecule has 0 aliphatic carbocycles. The van der Waals surface area contributed by atoms with Gasteiger partial charge in [-0.3, -0.25) is 20.4 Å². The van der Waals surface area contributed by atoms with Gasteiger partial charge in [0.25, 0.3) is 5.91 Å². The second-order valence-electron chi connectivity index (χ2n) is 4.63. The van der Waals surface area contributed by atoms with E-state index in [0.717, 1.165) is 31.8 Å². The number of hydrazine groups is 1. The number of likely N-dealkylation sites (tertiary alicyclic amines) is 1. The fourth-order valence-corrected chi connectivity index (χ4v) is 2.36. The Morgan fingerprint density at radius 3 is 2.53 bits per heavy atom. The van der Waals surface area contributed by atoms with E-state index < -0.39 is 0 Å². The summed E-state index contributed by atoms with van der Waals surface area (Å²) in [5, 5.41) is 0. The first-order chi connectivity index (χ1) is 7.16. The van der Waals surface area contributed by atoms with Crippen molar-refractivity contribution in [3.05, 3.63) is 0 Å². The number of hydrogen-bond donors (Lipinski definition) is 3. The average Bonchev–Trinajstić information content (AvgIpc) is 2.23. The van der Waals surface area contributed by atoms with Crippen molar-refractivity contribution < 1.29 is 14.5 Å². The van der Waals surface area contributed by atoms with Gasteiger partial charge in [-0.1, -0.05) is 6.92 Å². The van der Waals surface area contributed by atoms with E-state index in [9.17, 15) is 9.59 Å². The Labute approximate surface area is 89.2 Å². The molecule has 15 heavy (non-hydrogen) atoms. The number of nitrogens with one attached hydrogen (secondary N) is 3. The number of piperidine rings is 1. The summed E-state index contributed by atoms with van der Waals surface area (Å²) in [6.07, 6.45) is 2.64. The molecule has 0 aromatic rings. The average molecular weight is 212 g/mol. The minimum atomic E-state index is -0.175. The van der Waals surface area contributed by atoms with Crippen LogP contribution in [0.25, 0.3) is 0 Å². The van der Waals surface area contributed by atoms with Crippen molar-refractivity contribution in [1.29, 1.82) is 0 Å². The number of quaternary nitrogens is 1. The van der Waals surface area contributed by atoms with Crippen molar-refractivity contribution in [3.63, 3.8) is 0 Å². The number of carbonyl (C=O) groups excluding carboxylic acids is 2. The molecule has 0 bridgehead atoms. The number of amides is 2. The first kappa shape index (κ1) is 10.4. The van der Waals surface area contributed by atoms with Gasteiger partial charge in [-0.25, -0.2) is 0 Å². The normalized spacial score (nSPS) is 37.0. The molecule has 2 aliphatic rings. The lowest BCUT2D eigenvalue weighted by Crippen LogP contribution is -3.18. The van der Waals surface area contributed by atoms with Gasteiger partial charge in [0.1, 0.15) is 0 Å². The molecular formula is C10H18N3O2+. The molecule has 0 unspecified atom stereocenters. The van der Waals surface area contributed by atoms with E-state index in [2.05, 4.69) is 17.8 Å². The van der Waals surface area contributed by atoms with Gasteiger partial charge in [0.05, 0.1) is 19.5 Å². The molecule has 5 nitrogen and oxygen atoms in total. The van der Waals surface area contributed by atoms with E-state index in [1.165, 1.54) is 4.90 Å². The van der Waals surface area contributed by atoms with Crippen molar-refractivity contribution in [2.24, 2.45) is 5.92 Å². The maximum absolute atomic E-state index is 11.6. The van der Waals surface area contributed by atoms with Gasteiger partial charge in [0.15, 0.2) is 6.04 Å². The van der Waals surface area contributed by atoms with Crippen molar-refractivity contribution >= 4 is 11.8 Å². The fraction of sp³-hybridized carbons (Fsp3) is 0.800. The minimum Gasteiger partial charge on any atom is -0.324 e. The SMILES string of the molecule is CC1CC[NH+]([C@@H]2CC(=O)NNC2=O)CC1. The van der Waals surface area contributed by atoms with Crippen LogP contribution in [0.4, 0.5) is 0 Å². The predicted octanol–water partition coefficient (Wildman–Crippen LogP) is -1.78. The summed E-state index contributed by atoms with van der Waals surface area (Å²) >= 11 is 0. The molecule has 0 spiro atoms. The molecule has 2 aliphatic heterocycles. The molecule has 1 atom stereocenters. The van der Waals surface area contributed by atoms with E-state index >= 15 is 0 Å². The fourth-order valence-electron chi connectivity index (χ4n) is 2.36. The number of carbonyl (C=O) groups is 2. The van der Waals surface area contributed by atoms with Crippen LogP contribution in [0.2, 0.25) is 0 Å². The Kier molecular flexibility index (Phi) is 2.90. The highest BCUT2D eigenvalue weighted by Crippen LogP contribution is 2.08. The minimum absolute atomic E-state index is 0.0425. The quantitative estimate of drug-likeness (QED) is 0.481. The third kappa shape index (κ3) is 2.28. The summed E-state index contributed by atoms with van der Waals surface area (Å²) in [6.45, 7) is 4.25. The first-order valence-electron chi connectivity index (χ1n) is 5.60. The van der Waals surface area contributed by atoms with Crippen LogP contribution in [0, 0.1) is 5.92 Å². The largest absolute Gasteiger partial charge is 0.324 e. The van der Waals surface area contributed by atoms with Crippen LogP contribution < -0.4 is 15.8 Å². The van der Waals surface area contributed by atoms with Gasteiger partial charge >= 0.3 is 0 Å². The first-order valence-corrected chi connectivity index (χ1v) is 5.60. The summed E-state index contributed by atoms with van der Waals surface area (Å²) < 4.78 is 0. The summed E-state index contributed by atoms with van der Waals surface area (Å²) in [5.74, 6) is 0.638. The van der Waals surface area contributed by atoms with Crippen LogP contribution in [-0.4, -0.2) is 30.9 Å². The Balaban J connectivity index is 1.96. The van der Waals surface area contributed by atoms with Gasteiger partial charge in [-0.2, -0.15) is 0 Å². The topological polar surface area (TPSA) is 62.6 Å². The molecule has 0 radical (unpaired) electrons. The summed E-state index contributed by atoms with van der Waals surface area (Å²) in [5.41, 5.74) is 4.79. The molecular weight excluding hydrogens is 194 g/mol. The van der Waals surface area contributed by atoms with Crippen LogP contribution >= 0.6 is 0 Å². The van der Waals surface area contributed by atoms with Crippen LogP contribution in [0.1, 0.15) is 26.2 Å². The maximum Gasteiger partial charge on any atom is 0.297 e. The monoisotopic (exact) mass is 212 g/mol. The molecule has 2 rings (SSSR count). The highest BCUT2D eigenvalue weighted by Gasteiger charge is 2.37. The zero-order valence-corrected chi connectivity index (χ0v) is 9.01. The molecule has 0 aromatic heterocycles. The molecule has 3 N–H and O–H groups in total. The number of rotatable bonds is 1. The molecule has 2 fully saturated rings. The molecule has 2 amide bonds. The molecule has 2 heterocycles. The molecule has 5 heteroatoms. The third-order valence-corrected chi connectivity index (χ3v) is 3.44. The van der Waals surface area contributed by atoms with Gasteiger partial charge in [0, 0.05) is 0 Å². The van der Waals surface area contributed by atoms with Crippen molar-refractivity contribution in [2.45, 2.75) is 32.2 Å². The standard InChI is InChI=1S/C10H17N3O2/c1-7-2-4-13(5-3-7)8-6-9(14)11-12-10(8)15/h7-8H,2-6H2,1H3,(H,11,14)(H,12,15)/p+1/t8-/m1/s1. The summed E-state index contributed by atoms with van der Waals surface area (Å²) in [7, 11) is 0. The van der Waals surface area contributed by atoms with Gasteiger partial charge in [0.2, 0.25) is 5.91 Å². The molecule has 0 saturated carbocycles. The maximum atomic E-state index is 11.6. The van der Waals surface area contributed by atoms with E-state index in [4.69, 9.17) is 0 Å². The molecule has 2 saturated heterocycles. The van der Waals surface area contributed by atoms with E-state index in [0.29, 0.717) is 6.42 Å². The zero-order chi connectivity index (χ0) is 10.8. The van der Waals surface area contributed by atoms with Crippen LogP contribution in [0.15, 0.2) is 0 Å². The van der Waals surface area contributed by atoms with E-state index in [1.807, 2.05) is 0 Å². The lowest BCUT2D eigenvalue weighted by atomic mass is 9.96. The van der Waals surface area contributed by atoms with Crippen molar-refractivity contribution in [1.82, 2.24) is 10.9 Å². The van der Waals surface area contributed by atoms with Crippen LogP contribution in [-0.2, 0) is 9.59 Å². The van der Waals surface area contributed by atoms with Crippen LogP contribution in [0.3, 0.4) is 0 Å². The van der Waals surface area contributed by atoms with E-state index in [-0.39, 0.29) is 17.9 Å². The molecule has 84 valence electrons. The second-order valence-corrected chi connectivity index (χ2v) is 4.63. The summed E-state index contributed by atoms with van der Waals surface area (Å²) in [6, 6.07) is -0.175. The Bertz CT molecular complexity index is 272. The Morgan fingerprint density at radius 1 is 1.20 bits per heavy atom. The lowest BCUT2D eigenvalue weighted by Gasteiger charge is -2.34. The van der Waals surface area contributed by atoms with Crippen molar-refractivity contribution in [3.8, 4) is 0 Å². The Hall–Kier alpha value is -1.10. The summed E-state index contributed by atoms with van der Waals surface area (Å²) in [4.78, 5) is 24.0.